The van der Waals surface area contributed by atoms with E-state index in [1.807, 2.05) is 0 Å². The zero-order valence-corrected chi connectivity index (χ0v) is 13.8. The summed E-state index contributed by atoms with van der Waals surface area (Å²) < 4.78 is 6.59. The Hall–Kier alpha value is 0.140. The maximum atomic E-state index is 5.43. The van der Waals surface area contributed by atoms with Crippen LogP contribution in [0.1, 0.15) is 24.8 Å². The van der Waals surface area contributed by atoms with E-state index in [0.717, 1.165) is 34.9 Å². The fourth-order valence-electron chi connectivity index (χ4n) is 2.61. The van der Waals surface area contributed by atoms with Crippen LogP contribution in [0.3, 0.4) is 0 Å². The number of rotatable bonds is 5. The van der Waals surface area contributed by atoms with Crippen molar-refractivity contribution in [1.82, 2.24) is 0 Å². The van der Waals surface area contributed by atoms with Gasteiger partial charge in [0.05, 0.1) is 0 Å². The molecule has 18 heavy (non-hydrogen) atoms. The highest BCUT2D eigenvalue weighted by Crippen LogP contribution is 2.26. The molecule has 1 aromatic carbocycles. The van der Waals surface area contributed by atoms with E-state index >= 15 is 0 Å². The lowest BCUT2D eigenvalue weighted by Gasteiger charge is -2.25. The predicted octanol–water partition coefficient (Wildman–Crippen LogP) is 4.82. The number of hydrogen-bond donors (Lipinski definition) is 0. The summed E-state index contributed by atoms with van der Waals surface area (Å²) in [5.74, 6) is 1.60. The van der Waals surface area contributed by atoms with Crippen molar-refractivity contribution < 1.29 is 4.74 Å². The first-order valence-corrected chi connectivity index (χ1v) is 8.57. The molecule has 0 spiro atoms. The van der Waals surface area contributed by atoms with Crippen molar-refractivity contribution in [2.45, 2.75) is 25.7 Å². The number of hydrogen-bond acceptors (Lipinski definition) is 1. The van der Waals surface area contributed by atoms with Gasteiger partial charge in [-0.05, 0) is 55.2 Å². The van der Waals surface area contributed by atoms with Crippen LogP contribution in [0, 0.1) is 11.8 Å². The zero-order valence-electron chi connectivity index (χ0n) is 10.6. The van der Waals surface area contributed by atoms with Gasteiger partial charge in [-0.2, -0.15) is 0 Å². The fraction of sp³-hybridized carbons (Fsp3) is 0.600. The average molecular weight is 376 g/mol. The minimum atomic E-state index is 0.745. The van der Waals surface area contributed by atoms with Crippen molar-refractivity contribution in [3.63, 3.8) is 0 Å². The molecule has 0 amide bonds. The van der Waals surface area contributed by atoms with E-state index in [4.69, 9.17) is 4.74 Å². The van der Waals surface area contributed by atoms with E-state index in [0.29, 0.717) is 0 Å². The van der Waals surface area contributed by atoms with Crippen LogP contribution in [-0.4, -0.2) is 18.5 Å². The average Bonchev–Trinajstić information content (AvgIpc) is 2.41. The van der Waals surface area contributed by atoms with Crippen LogP contribution in [0.5, 0.6) is 0 Å². The van der Waals surface area contributed by atoms with Gasteiger partial charge in [-0.1, -0.05) is 44.0 Å². The van der Waals surface area contributed by atoms with Crippen molar-refractivity contribution in [3.05, 3.63) is 34.3 Å². The zero-order chi connectivity index (χ0) is 12.8. The molecule has 3 heteroatoms. The molecule has 1 atom stereocenters. The lowest BCUT2D eigenvalue weighted by Crippen LogP contribution is -2.20. The molecule has 1 saturated heterocycles. The molecule has 1 fully saturated rings. The van der Waals surface area contributed by atoms with E-state index < -0.39 is 0 Å². The molecule has 0 N–H and O–H groups in total. The van der Waals surface area contributed by atoms with Gasteiger partial charge in [0.15, 0.2) is 0 Å². The Balaban J connectivity index is 1.86. The van der Waals surface area contributed by atoms with Gasteiger partial charge in [0.1, 0.15) is 0 Å². The van der Waals surface area contributed by atoms with Gasteiger partial charge in [0, 0.05) is 23.0 Å². The molecule has 0 bridgehead atoms. The van der Waals surface area contributed by atoms with Crippen molar-refractivity contribution >= 4 is 31.9 Å². The second-order valence-electron chi connectivity index (χ2n) is 5.14. The summed E-state index contributed by atoms with van der Waals surface area (Å²) in [5, 5.41) is 1.10. The van der Waals surface area contributed by atoms with E-state index in [1.54, 1.807) is 0 Å². The minimum absolute atomic E-state index is 0.745. The lowest BCUT2D eigenvalue weighted by atomic mass is 9.87. The molecule has 1 aromatic rings. The Kier molecular flexibility index (Phi) is 6.19. The third-order valence-corrected chi connectivity index (χ3v) is 5.11. The van der Waals surface area contributed by atoms with E-state index in [1.165, 1.54) is 31.2 Å². The Labute approximate surface area is 127 Å². The highest BCUT2D eigenvalue weighted by molar-refractivity contribution is 9.10. The highest BCUT2D eigenvalue weighted by atomic mass is 79.9. The number of ether oxygens (including phenoxy) is 1. The summed E-state index contributed by atoms with van der Waals surface area (Å²) in [5.41, 5.74) is 1.44. The first-order chi connectivity index (χ1) is 8.78. The summed E-state index contributed by atoms with van der Waals surface area (Å²) in [6.45, 7) is 1.91. The van der Waals surface area contributed by atoms with Crippen LogP contribution in [0.4, 0.5) is 0 Å². The molecule has 0 saturated carbocycles. The quantitative estimate of drug-likeness (QED) is 0.670. The normalized spacial score (nSPS) is 18.8. The third-order valence-electron chi connectivity index (χ3n) is 3.66. The molecule has 0 aliphatic carbocycles. The van der Waals surface area contributed by atoms with Crippen LogP contribution in [0.25, 0.3) is 0 Å². The first kappa shape index (κ1) is 14.5. The largest absolute Gasteiger partial charge is 0.381 e. The Morgan fingerprint density at radius 3 is 2.44 bits per heavy atom. The number of benzene rings is 1. The smallest absolute Gasteiger partial charge is 0.0468 e. The van der Waals surface area contributed by atoms with Gasteiger partial charge >= 0.3 is 0 Å². The number of alkyl halides is 1. The van der Waals surface area contributed by atoms with Crippen LogP contribution in [-0.2, 0) is 11.2 Å². The van der Waals surface area contributed by atoms with Gasteiger partial charge in [-0.25, -0.2) is 0 Å². The van der Waals surface area contributed by atoms with Gasteiger partial charge < -0.3 is 4.74 Å². The predicted molar refractivity (Wildman–Crippen MR) is 83.3 cm³/mol. The van der Waals surface area contributed by atoms with Crippen molar-refractivity contribution in [2.24, 2.45) is 11.8 Å². The summed E-state index contributed by atoms with van der Waals surface area (Å²) in [4.78, 5) is 0. The summed E-state index contributed by atoms with van der Waals surface area (Å²) in [6, 6.07) is 8.72. The monoisotopic (exact) mass is 374 g/mol. The van der Waals surface area contributed by atoms with Gasteiger partial charge in [0.2, 0.25) is 0 Å². The molecule has 1 aliphatic rings. The fourth-order valence-corrected chi connectivity index (χ4v) is 3.37. The Morgan fingerprint density at radius 2 is 1.83 bits per heavy atom. The summed E-state index contributed by atoms with van der Waals surface area (Å²) >= 11 is 7.16. The number of halogens is 2. The lowest BCUT2D eigenvalue weighted by molar-refractivity contribution is 0.0596. The summed E-state index contributed by atoms with van der Waals surface area (Å²) in [6.07, 6.45) is 4.98. The molecule has 0 radical (unpaired) electrons. The second kappa shape index (κ2) is 7.66. The van der Waals surface area contributed by atoms with Crippen LogP contribution < -0.4 is 0 Å². The maximum Gasteiger partial charge on any atom is 0.0468 e. The van der Waals surface area contributed by atoms with Crippen molar-refractivity contribution in [1.29, 1.82) is 0 Å². The van der Waals surface area contributed by atoms with Crippen LogP contribution >= 0.6 is 31.9 Å². The van der Waals surface area contributed by atoms with E-state index in [9.17, 15) is 0 Å². The molecular weight excluding hydrogens is 356 g/mol. The second-order valence-corrected chi connectivity index (χ2v) is 6.71. The maximum absolute atomic E-state index is 5.43. The molecular formula is C15H20Br2O. The minimum Gasteiger partial charge on any atom is -0.381 e. The van der Waals surface area contributed by atoms with Gasteiger partial charge in [-0.15, -0.1) is 0 Å². The molecule has 1 aliphatic heterocycles. The van der Waals surface area contributed by atoms with Crippen LogP contribution in [0.15, 0.2) is 28.7 Å². The van der Waals surface area contributed by atoms with Crippen LogP contribution in [0.2, 0.25) is 0 Å². The van der Waals surface area contributed by atoms with Gasteiger partial charge in [0.25, 0.3) is 0 Å². The molecule has 0 aromatic heterocycles. The van der Waals surface area contributed by atoms with E-state index in [-0.39, 0.29) is 0 Å². The molecule has 1 nitrogen and oxygen atoms in total. The Bertz CT molecular complexity index is 344. The van der Waals surface area contributed by atoms with Crippen molar-refractivity contribution in [3.8, 4) is 0 Å². The van der Waals surface area contributed by atoms with E-state index in [2.05, 4.69) is 56.1 Å². The topological polar surface area (TPSA) is 9.23 Å². The summed E-state index contributed by atoms with van der Waals surface area (Å²) in [7, 11) is 0. The van der Waals surface area contributed by atoms with Crippen molar-refractivity contribution in [2.75, 3.05) is 18.5 Å². The molecule has 1 unspecified atom stereocenters. The first-order valence-electron chi connectivity index (χ1n) is 6.66. The third kappa shape index (κ3) is 4.67. The Morgan fingerprint density at radius 1 is 1.17 bits per heavy atom. The molecule has 100 valence electrons. The SMILES string of the molecule is BrCC(Cc1ccc(Br)cc1)CC1CCOCC1. The molecule has 2 rings (SSSR count). The molecule has 1 heterocycles. The van der Waals surface area contributed by atoms with Gasteiger partial charge in [-0.3, -0.25) is 0 Å². The standard InChI is InChI=1S/C15H20Br2O/c16-11-14(10-13-5-7-18-8-6-13)9-12-1-3-15(17)4-2-12/h1-4,13-14H,5-11H2. The highest BCUT2D eigenvalue weighted by Gasteiger charge is 2.19.